The van der Waals surface area contributed by atoms with Gasteiger partial charge in [-0.3, -0.25) is 14.8 Å². The number of nitrogens with zero attached hydrogens (tertiary/aromatic N) is 4. The molecule has 1 N–H and O–H groups in total. The molecule has 3 rings (SSSR count). The second-order valence-electron chi connectivity index (χ2n) is 5.85. The third-order valence-electron chi connectivity index (χ3n) is 4.16. The molecule has 0 spiro atoms. The van der Waals surface area contributed by atoms with Gasteiger partial charge in [-0.2, -0.15) is 0 Å². The third kappa shape index (κ3) is 2.77. The van der Waals surface area contributed by atoms with Crippen molar-refractivity contribution in [3.63, 3.8) is 0 Å². The van der Waals surface area contributed by atoms with E-state index in [2.05, 4.69) is 15.3 Å². The molecule has 0 aromatic carbocycles. The Morgan fingerprint density at radius 3 is 2.75 bits per heavy atom. The van der Waals surface area contributed by atoms with Gasteiger partial charge in [0.1, 0.15) is 6.20 Å². The zero-order chi connectivity index (χ0) is 14.1. The summed E-state index contributed by atoms with van der Waals surface area (Å²) in [5, 5.41) is 18.9. The second-order valence-corrected chi connectivity index (χ2v) is 5.85. The molecule has 1 saturated carbocycles. The molecule has 2 heterocycles. The number of anilines is 1. The van der Waals surface area contributed by atoms with E-state index in [0.29, 0.717) is 17.8 Å². The van der Waals surface area contributed by atoms with Gasteiger partial charge in [0.05, 0.1) is 4.92 Å². The van der Waals surface area contributed by atoms with Gasteiger partial charge in [-0.25, -0.2) is 0 Å². The SMILES string of the molecule is Cn1cc([N+](=O)[O-])c(N(CC2CCNCC2)C2CC2)n1. The van der Waals surface area contributed by atoms with E-state index in [1.807, 2.05) is 0 Å². The first-order chi connectivity index (χ1) is 9.65. The molecule has 0 radical (unpaired) electrons. The van der Waals surface area contributed by atoms with E-state index in [1.54, 1.807) is 11.7 Å². The molecule has 0 unspecified atom stereocenters. The average Bonchev–Trinajstić information content (AvgIpc) is 3.19. The summed E-state index contributed by atoms with van der Waals surface area (Å²) >= 11 is 0. The minimum absolute atomic E-state index is 0.133. The summed E-state index contributed by atoms with van der Waals surface area (Å²) in [7, 11) is 1.74. The molecule has 2 aliphatic rings. The highest BCUT2D eigenvalue weighted by Gasteiger charge is 2.36. The largest absolute Gasteiger partial charge is 0.346 e. The van der Waals surface area contributed by atoms with Crippen molar-refractivity contribution in [3.05, 3.63) is 16.3 Å². The number of nitro groups is 1. The maximum atomic E-state index is 11.2. The summed E-state index contributed by atoms with van der Waals surface area (Å²) in [6.45, 7) is 2.99. The van der Waals surface area contributed by atoms with Crippen LogP contribution in [0.3, 0.4) is 0 Å². The van der Waals surface area contributed by atoms with Gasteiger partial charge >= 0.3 is 5.69 Å². The zero-order valence-corrected chi connectivity index (χ0v) is 11.8. The fourth-order valence-electron chi connectivity index (χ4n) is 2.93. The molecule has 0 amide bonds. The number of piperidine rings is 1. The Morgan fingerprint density at radius 1 is 1.45 bits per heavy atom. The van der Waals surface area contributed by atoms with Crippen LogP contribution in [0.4, 0.5) is 11.5 Å². The molecule has 7 heteroatoms. The van der Waals surface area contributed by atoms with Crippen molar-refractivity contribution in [1.82, 2.24) is 15.1 Å². The smallest absolute Gasteiger partial charge is 0.330 e. The van der Waals surface area contributed by atoms with Crippen LogP contribution in [-0.2, 0) is 7.05 Å². The van der Waals surface area contributed by atoms with Crippen molar-refractivity contribution in [2.24, 2.45) is 13.0 Å². The van der Waals surface area contributed by atoms with Crippen LogP contribution in [-0.4, -0.2) is 40.4 Å². The van der Waals surface area contributed by atoms with Crippen molar-refractivity contribution in [2.45, 2.75) is 31.7 Å². The van der Waals surface area contributed by atoms with Gasteiger partial charge in [0.15, 0.2) is 0 Å². The summed E-state index contributed by atoms with van der Waals surface area (Å²) < 4.78 is 1.55. The van der Waals surface area contributed by atoms with Crippen LogP contribution in [0.5, 0.6) is 0 Å². The maximum absolute atomic E-state index is 11.2. The Balaban J connectivity index is 1.81. The normalized spacial score (nSPS) is 20.1. The molecule has 1 aromatic rings. The monoisotopic (exact) mass is 279 g/mol. The first-order valence-corrected chi connectivity index (χ1v) is 7.30. The van der Waals surface area contributed by atoms with E-state index in [4.69, 9.17) is 0 Å². The molecule has 1 saturated heterocycles. The minimum Gasteiger partial charge on any atom is -0.346 e. The second kappa shape index (κ2) is 5.40. The maximum Gasteiger partial charge on any atom is 0.330 e. The number of rotatable bonds is 5. The summed E-state index contributed by atoms with van der Waals surface area (Å²) in [6.07, 6.45) is 6.04. The van der Waals surface area contributed by atoms with E-state index in [-0.39, 0.29) is 10.6 Å². The fourth-order valence-corrected chi connectivity index (χ4v) is 2.93. The van der Waals surface area contributed by atoms with E-state index >= 15 is 0 Å². The van der Waals surface area contributed by atoms with Crippen molar-refractivity contribution in [2.75, 3.05) is 24.5 Å². The highest BCUT2D eigenvalue weighted by Crippen LogP contribution is 2.36. The van der Waals surface area contributed by atoms with Crippen molar-refractivity contribution < 1.29 is 4.92 Å². The summed E-state index contributed by atoms with van der Waals surface area (Å²) in [5.74, 6) is 1.16. The lowest BCUT2D eigenvalue weighted by Gasteiger charge is -2.29. The zero-order valence-electron chi connectivity index (χ0n) is 11.8. The van der Waals surface area contributed by atoms with Crippen LogP contribution in [0, 0.1) is 16.0 Å². The highest BCUT2D eigenvalue weighted by molar-refractivity contribution is 5.58. The molecule has 1 aliphatic heterocycles. The molecule has 110 valence electrons. The van der Waals surface area contributed by atoms with Crippen LogP contribution < -0.4 is 10.2 Å². The molecule has 1 aliphatic carbocycles. The van der Waals surface area contributed by atoms with Crippen molar-refractivity contribution >= 4 is 11.5 Å². The van der Waals surface area contributed by atoms with Crippen LogP contribution in [0.2, 0.25) is 0 Å². The van der Waals surface area contributed by atoms with Crippen LogP contribution in [0.15, 0.2) is 6.20 Å². The van der Waals surface area contributed by atoms with Crippen LogP contribution >= 0.6 is 0 Å². The molecular weight excluding hydrogens is 258 g/mol. The number of aromatic nitrogens is 2. The first-order valence-electron chi connectivity index (χ1n) is 7.30. The minimum atomic E-state index is -0.319. The van der Waals surface area contributed by atoms with Gasteiger partial charge in [-0.15, -0.1) is 5.10 Å². The van der Waals surface area contributed by atoms with Gasteiger partial charge in [-0.1, -0.05) is 0 Å². The molecule has 7 nitrogen and oxygen atoms in total. The van der Waals surface area contributed by atoms with Gasteiger partial charge in [0, 0.05) is 19.6 Å². The Bertz CT molecular complexity index is 491. The average molecular weight is 279 g/mol. The Kier molecular flexibility index (Phi) is 3.60. The first kappa shape index (κ1) is 13.4. The van der Waals surface area contributed by atoms with E-state index in [9.17, 15) is 10.1 Å². The van der Waals surface area contributed by atoms with Gasteiger partial charge in [0.25, 0.3) is 0 Å². The molecular formula is C13H21N5O2. The Morgan fingerprint density at radius 2 is 2.15 bits per heavy atom. The predicted molar refractivity (Wildman–Crippen MR) is 75.8 cm³/mol. The van der Waals surface area contributed by atoms with Crippen molar-refractivity contribution in [3.8, 4) is 0 Å². The number of aryl methyl sites for hydroxylation is 1. The fraction of sp³-hybridized carbons (Fsp3) is 0.769. The van der Waals surface area contributed by atoms with Crippen LogP contribution in [0.1, 0.15) is 25.7 Å². The molecule has 0 bridgehead atoms. The van der Waals surface area contributed by atoms with Gasteiger partial charge in [-0.05, 0) is 44.7 Å². The summed E-state index contributed by atoms with van der Waals surface area (Å²) in [4.78, 5) is 13.0. The lowest BCUT2D eigenvalue weighted by Crippen LogP contribution is -2.37. The number of nitrogens with one attached hydrogen (secondary N) is 1. The van der Waals surface area contributed by atoms with E-state index in [1.165, 1.54) is 6.20 Å². The number of hydrogen-bond acceptors (Lipinski definition) is 5. The molecule has 2 fully saturated rings. The topological polar surface area (TPSA) is 76.2 Å². The van der Waals surface area contributed by atoms with Crippen LogP contribution in [0.25, 0.3) is 0 Å². The van der Waals surface area contributed by atoms with E-state index < -0.39 is 0 Å². The highest BCUT2D eigenvalue weighted by atomic mass is 16.6. The predicted octanol–water partition coefficient (Wildman–Crippen LogP) is 1.30. The third-order valence-corrected chi connectivity index (χ3v) is 4.16. The van der Waals surface area contributed by atoms with E-state index in [0.717, 1.165) is 45.3 Å². The Hall–Kier alpha value is -1.63. The molecule has 0 atom stereocenters. The standard InChI is InChI=1S/C13H21N5O2/c1-16-9-12(18(19)20)13(15-16)17(11-2-3-11)8-10-4-6-14-7-5-10/h9-11,14H,2-8H2,1H3. The number of hydrogen-bond donors (Lipinski definition) is 1. The van der Waals surface area contributed by atoms with Gasteiger partial charge in [0.2, 0.25) is 5.82 Å². The quantitative estimate of drug-likeness (QED) is 0.649. The lowest BCUT2D eigenvalue weighted by atomic mass is 9.97. The molecule has 1 aromatic heterocycles. The van der Waals surface area contributed by atoms with Crippen molar-refractivity contribution in [1.29, 1.82) is 0 Å². The lowest BCUT2D eigenvalue weighted by molar-refractivity contribution is -0.384. The summed E-state index contributed by atoms with van der Waals surface area (Å²) in [5.41, 5.74) is 0.133. The summed E-state index contributed by atoms with van der Waals surface area (Å²) in [6, 6.07) is 0.443. The van der Waals surface area contributed by atoms with Gasteiger partial charge < -0.3 is 10.2 Å². The molecule has 20 heavy (non-hydrogen) atoms. The Labute approximate surface area is 118 Å².